The highest BCUT2D eigenvalue weighted by Crippen LogP contribution is 2.11. The average molecular weight is 268 g/mol. The van der Waals surface area contributed by atoms with Gasteiger partial charge in [-0.05, 0) is 6.42 Å². The van der Waals surface area contributed by atoms with Crippen LogP contribution in [0, 0.1) is 0 Å². The summed E-state index contributed by atoms with van der Waals surface area (Å²) in [5, 5.41) is 2.94. The molecule has 0 rings (SSSR count). The van der Waals surface area contributed by atoms with Crippen LogP contribution in [0.1, 0.15) is 71.1 Å². The van der Waals surface area contributed by atoms with Crippen LogP contribution in [0.4, 0.5) is 0 Å². The molecule has 0 saturated carbocycles. The van der Waals surface area contributed by atoms with Crippen molar-refractivity contribution in [2.45, 2.75) is 71.1 Å². The molecule has 0 aliphatic rings. The van der Waals surface area contributed by atoms with Gasteiger partial charge in [0.2, 0.25) is 0 Å². The molecule has 0 spiro atoms. The summed E-state index contributed by atoms with van der Waals surface area (Å²) in [6.07, 6.45) is 12.1. The van der Waals surface area contributed by atoms with Crippen LogP contribution in [0.25, 0.3) is 0 Å². The molecule has 0 unspecified atom stereocenters. The molecule has 0 aromatic rings. The molecule has 3 N–H and O–H groups in total. The Morgan fingerprint density at radius 1 is 1.00 bits per heavy atom. The first-order valence-corrected chi connectivity index (χ1v) is 7.88. The van der Waals surface area contributed by atoms with E-state index in [-0.39, 0.29) is 5.78 Å². The van der Waals surface area contributed by atoms with Crippen LogP contribution in [-0.4, -0.2) is 18.9 Å². The first-order chi connectivity index (χ1) is 9.22. The first-order valence-electron chi connectivity index (χ1n) is 7.88. The molecule has 0 bridgehead atoms. The van der Waals surface area contributed by atoms with E-state index in [1.54, 1.807) is 0 Å². The summed E-state index contributed by atoms with van der Waals surface area (Å²) < 4.78 is 0. The maximum absolute atomic E-state index is 11.7. The van der Waals surface area contributed by atoms with Gasteiger partial charge in [-0.1, -0.05) is 64.9 Å². The molecule has 0 aromatic heterocycles. The van der Waals surface area contributed by atoms with Gasteiger partial charge >= 0.3 is 0 Å². The van der Waals surface area contributed by atoms with Crippen molar-refractivity contribution in [1.82, 2.24) is 5.32 Å². The molecule has 0 amide bonds. The molecule has 112 valence electrons. The normalized spacial score (nSPS) is 10.4. The highest BCUT2D eigenvalue weighted by molar-refractivity contribution is 5.94. The van der Waals surface area contributed by atoms with Crippen molar-refractivity contribution in [2.24, 2.45) is 5.73 Å². The summed E-state index contributed by atoms with van der Waals surface area (Å²) in [5.74, 6) is 0.136. The molecule has 0 aromatic carbocycles. The standard InChI is InChI=1S/C16H32N2O/c1-3-4-5-6-7-8-9-10-11-12-16(19)15(2)18-14-13-17/h18H,2-14,17H2,1H3. The summed E-state index contributed by atoms with van der Waals surface area (Å²) in [6, 6.07) is 0. The van der Waals surface area contributed by atoms with E-state index in [4.69, 9.17) is 5.73 Å². The molecule has 0 aliphatic heterocycles. The van der Waals surface area contributed by atoms with Crippen molar-refractivity contribution in [2.75, 3.05) is 13.1 Å². The lowest BCUT2D eigenvalue weighted by Gasteiger charge is -2.07. The molecule has 3 heteroatoms. The van der Waals surface area contributed by atoms with Crippen LogP contribution >= 0.6 is 0 Å². The van der Waals surface area contributed by atoms with Gasteiger partial charge in [0.15, 0.2) is 5.78 Å². The number of allylic oxidation sites excluding steroid dienone is 1. The van der Waals surface area contributed by atoms with E-state index >= 15 is 0 Å². The quantitative estimate of drug-likeness (QED) is 0.374. The number of unbranched alkanes of at least 4 members (excludes halogenated alkanes) is 8. The Labute approximate surface area is 119 Å². The van der Waals surface area contributed by atoms with Gasteiger partial charge in [-0.25, -0.2) is 0 Å². The van der Waals surface area contributed by atoms with Gasteiger partial charge in [-0.15, -0.1) is 0 Å². The van der Waals surface area contributed by atoms with Crippen molar-refractivity contribution in [3.63, 3.8) is 0 Å². The number of hydrogen-bond donors (Lipinski definition) is 2. The lowest BCUT2D eigenvalue weighted by molar-refractivity contribution is -0.116. The Bertz CT molecular complexity index is 239. The van der Waals surface area contributed by atoms with Crippen LogP contribution in [0.5, 0.6) is 0 Å². The van der Waals surface area contributed by atoms with Gasteiger partial charge in [0.05, 0.1) is 5.70 Å². The Hall–Kier alpha value is -0.830. The minimum Gasteiger partial charge on any atom is -0.381 e. The smallest absolute Gasteiger partial charge is 0.178 e. The predicted octanol–water partition coefficient (Wildman–Crippen LogP) is 3.54. The van der Waals surface area contributed by atoms with Crippen LogP contribution in [-0.2, 0) is 4.79 Å². The van der Waals surface area contributed by atoms with Crippen molar-refractivity contribution in [1.29, 1.82) is 0 Å². The van der Waals surface area contributed by atoms with Crippen LogP contribution in [0.15, 0.2) is 12.3 Å². The summed E-state index contributed by atoms with van der Waals surface area (Å²) in [6.45, 7) is 7.14. The van der Waals surface area contributed by atoms with Crippen molar-refractivity contribution >= 4 is 5.78 Å². The van der Waals surface area contributed by atoms with E-state index in [1.807, 2.05) is 0 Å². The Balaban J connectivity index is 3.29. The number of hydrogen-bond acceptors (Lipinski definition) is 3. The van der Waals surface area contributed by atoms with Gasteiger partial charge in [0.1, 0.15) is 0 Å². The number of carbonyl (C=O) groups is 1. The fourth-order valence-corrected chi connectivity index (χ4v) is 2.07. The van der Waals surface area contributed by atoms with E-state index in [0.717, 1.165) is 12.8 Å². The van der Waals surface area contributed by atoms with Crippen molar-refractivity contribution < 1.29 is 4.79 Å². The Morgan fingerprint density at radius 2 is 1.53 bits per heavy atom. The zero-order chi connectivity index (χ0) is 14.3. The van der Waals surface area contributed by atoms with Gasteiger partial charge in [-0.2, -0.15) is 0 Å². The maximum atomic E-state index is 11.7. The molecule has 0 fully saturated rings. The highest BCUT2D eigenvalue weighted by atomic mass is 16.1. The second-order valence-corrected chi connectivity index (χ2v) is 5.20. The number of carbonyl (C=O) groups excluding carboxylic acids is 1. The van der Waals surface area contributed by atoms with E-state index < -0.39 is 0 Å². The summed E-state index contributed by atoms with van der Waals surface area (Å²) >= 11 is 0. The average Bonchev–Trinajstić information content (AvgIpc) is 2.42. The zero-order valence-electron chi connectivity index (χ0n) is 12.7. The highest BCUT2D eigenvalue weighted by Gasteiger charge is 2.05. The molecule has 0 heterocycles. The summed E-state index contributed by atoms with van der Waals surface area (Å²) in [5.41, 5.74) is 5.88. The van der Waals surface area contributed by atoms with E-state index in [0.29, 0.717) is 25.2 Å². The number of Topliss-reactive ketones (excluding diaryl/α,β-unsaturated/α-hetero) is 1. The first kappa shape index (κ1) is 18.2. The molecule has 0 atom stereocenters. The summed E-state index contributed by atoms with van der Waals surface area (Å²) in [4.78, 5) is 11.7. The van der Waals surface area contributed by atoms with Crippen LogP contribution < -0.4 is 11.1 Å². The van der Waals surface area contributed by atoms with E-state index in [2.05, 4.69) is 18.8 Å². The molecular formula is C16H32N2O. The molecule has 0 radical (unpaired) electrons. The molecule has 0 saturated heterocycles. The van der Waals surface area contributed by atoms with Gasteiger partial charge < -0.3 is 11.1 Å². The molecule has 19 heavy (non-hydrogen) atoms. The number of rotatable bonds is 14. The third kappa shape index (κ3) is 12.0. The van der Waals surface area contributed by atoms with Crippen LogP contribution in [0.2, 0.25) is 0 Å². The van der Waals surface area contributed by atoms with Crippen molar-refractivity contribution in [3.05, 3.63) is 12.3 Å². The second kappa shape index (κ2) is 13.6. The van der Waals surface area contributed by atoms with E-state index in [9.17, 15) is 4.79 Å². The topological polar surface area (TPSA) is 55.1 Å². The third-order valence-corrected chi connectivity index (χ3v) is 3.33. The number of nitrogens with one attached hydrogen (secondary N) is 1. The molecular weight excluding hydrogens is 236 g/mol. The van der Waals surface area contributed by atoms with Crippen molar-refractivity contribution in [3.8, 4) is 0 Å². The summed E-state index contributed by atoms with van der Waals surface area (Å²) in [7, 11) is 0. The minimum absolute atomic E-state index is 0.136. The Morgan fingerprint density at radius 3 is 2.05 bits per heavy atom. The van der Waals surface area contributed by atoms with Gasteiger partial charge in [0.25, 0.3) is 0 Å². The zero-order valence-corrected chi connectivity index (χ0v) is 12.7. The monoisotopic (exact) mass is 268 g/mol. The van der Waals surface area contributed by atoms with Gasteiger partial charge in [-0.3, -0.25) is 4.79 Å². The second-order valence-electron chi connectivity index (χ2n) is 5.20. The third-order valence-electron chi connectivity index (χ3n) is 3.33. The molecule has 3 nitrogen and oxygen atoms in total. The lowest BCUT2D eigenvalue weighted by atomic mass is 10.0. The Kier molecular flexibility index (Phi) is 13.0. The SMILES string of the molecule is C=C(NCCN)C(=O)CCCCCCCCCCC. The number of nitrogens with two attached hydrogens (primary N) is 1. The van der Waals surface area contributed by atoms with Gasteiger partial charge in [0, 0.05) is 19.5 Å². The molecule has 0 aliphatic carbocycles. The largest absolute Gasteiger partial charge is 0.381 e. The maximum Gasteiger partial charge on any atom is 0.178 e. The van der Waals surface area contributed by atoms with E-state index in [1.165, 1.54) is 44.9 Å². The fourth-order valence-electron chi connectivity index (χ4n) is 2.07. The fraction of sp³-hybridized carbons (Fsp3) is 0.812. The predicted molar refractivity (Wildman–Crippen MR) is 83.0 cm³/mol. The minimum atomic E-state index is 0.136. The number of ketones is 1. The van der Waals surface area contributed by atoms with Crippen LogP contribution in [0.3, 0.4) is 0 Å². The lowest BCUT2D eigenvalue weighted by Crippen LogP contribution is -2.25.